The second-order valence-electron chi connectivity index (χ2n) is 5.86. The van der Waals surface area contributed by atoms with Gasteiger partial charge in [-0.15, -0.1) is 0 Å². The molecule has 2 aliphatic rings. The van der Waals surface area contributed by atoms with Crippen LogP contribution in [0.25, 0.3) is 0 Å². The van der Waals surface area contributed by atoms with Crippen molar-refractivity contribution >= 4 is 0 Å². The maximum Gasteiger partial charge on any atom is 0.123 e. The van der Waals surface area contributed by atoms with Crippen LogP contribution in [0.15, 0.2) is 54.6 Å². The number of benzene rings is 2. The van der Waals surface area contributed by atoms with Gasteiger partial charge in [0.15, 0.2) is 0 Å². The largest absolute Gasteiger partial charge is 0.493 e. The summed E-state index contributed by atoms with van der Waals surface area (Å²) in [6.45, 7) is 0.610. The number of fused-ring (bicyclic) bond motifs is 1. The number of hydrogen-bond acceptors (Lipinski definition) is 2. The molecule has 0 aromatic heterocycles. The molecule has 1 N–H and O–H groups in total. The van der Waals surface area contributed by atoms with Crippen molar-refractivity contribution in [2.45, 2.75) is 24.4 Å². The fourth-order valence-electron chi connectivity index (χ4n) is 3.44. The van der Waals surface area contributed by atoms with Crippen molar-refractivity contribution in [1.29, 1.82) is 0 Å². The summed E-state index contributed by atoms with van der Waals surface area (Å²) in [5.74, 6) is 1.95. The number of para-hydroxylation sites is 1. The van der Waals surface area contributed by atoms with Crippen LogP contribution in [0, 0.1) is 5.92 Å². The molecular formula is C18H18O2. The van der Waals surface area contributed by atoms with E-state index >= 15 is 0 Å². The molecule has 102 valence electrons. The van der Waals surface area contributed by atoms with Crippen LogP contribution in [0.3, 0.4) is 0 Å². The van der Waals surface area contributed by atoms with E-state index in [0.29, 0.717) is 18.4 Å². The van der Waals surface area contributed by atoms with Gasteiger partial charge in [0.05, 0.1) is 12.7 Å². The second kappa shape index (κ2) is 4.64. The first kappa shape index (κ1) is 12.0. The standard InChI is InChI=1S/C18H18O2/c19-18(15-10-14(15)12-6-2-1-3-7-12)16-11-20-17-9-5-4-8-13(16)17/h1-9,14-16,18-19H,10-11H2. The Morgan fingerprint density at radius 1 is 1.00 bits per heavy atom. The Balaban J connectivity index is 1.52. The summed E-state index contributed by atoms with van der Waals surface area (Å²) in [4.78, 5) is 0. The van der Waals surface area contributed by atoms with Crippen LogP contribution < -0.4 is 4.74 Å². The Morgan fingerprint density at radius 3 is 2.60 bits per heavy atom. The van der Waals surface area contributed by atoms with Crippen molar-refractivity contribution in [3.63, 3.8) is 0 Å². The summed E-state index contributed by atoms with van der Waals surface area (Å²) in [5, 5.41) is 10.7. The SMILES string of the molecule is OC(C1COc2ccccc21)C1CC1c1ccccc1. The normalized spacial score (nSPS) is 28.6. The number of hydrogen-bond donors (Lipinski definition) is 1. The van der Waals surface area contributed by atoms with E-state index in [2.05, 4.69) is 30.3 Å². The zero-order valence-corrected chi connectivity index (χ0v) is 11.3. The van der Waals surface area contributed by atoms with Crippen LogP contribution >= 0.6 is 0 Å². The minimum atomic E-state index is -0.302. The predicted molar refractivity (Wildman–Crippen MR) is 78.0 cm³/mol. The summed E-state index contributed by atoms with van der Waals surface area (Å²) < 4.78 is 5.69. The quantitative estimate of drug-likeness (QED) is 0.923. The van der Waals surface area contributed by atoms with Gasteiger partial charge in [-0.25, -0.2) is 0 Å². The van der Waals surface area contributed by atoms with Crippen LogP contribution in [0.2, 0.25) is 0 Å². The average Bonchev–Trinajstić information content (AvgIpc) is 3.20. The Morgan fingerprint density at radius 2 is 1.75 bits per heavy atom. The molecule has 4 atom stereocenters. The van der Waals surface area contributed by atoms with Crippen molar-refractivity contribution in [1.82, 2.24) is 0 Å². The zero-order chi connectivity index (χ0) is 13.5. The second-order valence-corrected chi connectivity index (χ2v) is 5.86. The minimum absolute atomic E-state index is 0.130. The molecule has 1 fully saturated rings. The fraction of sp³-hybridized carbons (Fsp3) is 0.333. The minimum Gasteiger partial charge on any atom is -0.493 e. The molecule has 4 rings (SSSR count). The fourth-order valence-corrected chi connectivity index (χ4v) is 3.44. The summed E-state index contributed by atoms with van der Waals surface area (Å²) in [6.07, 6.45) is 0.785. The maximum absolute atomic E-state index is 10.7. The molecular weight excluding hydrogens is 248 g/mol. The van der Waals surface area contributed by atoms with Gasteiger partial charge in [0.2, 0.25) is 0 Å². The zero-order valence-electron chi connectivity index (χ0n) is 11.3. The van der Waals surface area contributed by atoms with E-state index in [-0.39, 0.29) is 12.0 Å². The molecule has 1 saturated carbocycles. The molecule has 2 nitrogen and oxygen atoms in total. The smallest absolute Gasteiger partial charge is 0.123 e. The molecule has 1 heterocycles. The highest BCUT2D eigenvalue weighted by molar-refractivity contribution is 5.41. The van der Waals surface area contributed by atoms with Gasteiger partial charge in [0, 0.05) is 11.5 Å². The molecule has 2 heteroatoms. The Hall–Kier alpha value is -1.80. The van der Waals surface area contributed by atoms with Crippen LogP contribution in [-0.2, 0) is 0 Å². The van der Waals surface area contributed by atoms with E-state index in [1.54, 1.807) is 0 Å². The van der Waals surface area contributed by atoms with Gasteiger partial charge in [0.25, 0.3) is 0 Å². The summed E-state index contributed by atoms with van der Waals surface area (Å²) in [5.41, 5.74) is 2.52. The molecule has 20 heavy (non-hydrogen) atoms. The first-order valence-electron chi connectivity index (χ1n) is 7.29. The predicted octanol–water partition coefficient (Wildman–Crippen LogP) is 3.33. The van der Waals surface area contributed by atoms with E-state index in [9.17, 15) is 5.11 Å². The van der Waals surface area contributed by atoms with Crippen LogP contribution in [-0.4, -0.2) is 17.8 Å². The van der Waals surface area contributed by atoms with E-state index in [1.807, 2.05) is 24.3 Å². The molecule has 2 aromatic carbocycles. The van der Waals surface area contributed by atoms with Gasteiger partial charge in [-0.3, -0.25) is 0 Å². The first-order valence-corrected chi connectivity index (χ1v) is 7.29. The molecule has 0 saturated heterocycles. The van der Waals surface area contributed by atoms with Gasteiger partial charge in [-0.1, -0.05) is 48.5 Å². The Bertz CT molecular complexity index is 608. The monoisotopic (exact) mass is 266 g/mol. The summed E-state index contributed by atoms with van der Waals surface area (Å²) in [6, 6.07) is 18.6. The molecule has 0 radical (unpaired) electrons. The van der Waals surface area contributed by atoms with Crippen LogP contribution in [0.1, 0.15) is 29.4 Å². The van der Waals surface area contributed by atoms with E-state index in [1.165, 1.54) is 11.1 Å². The lowest BCUT2D eigenvalue weighted by Crippen LogP contribution is -2.22. The molecule has 1 aliphatic heterocycles. The average molecular weight is 266 g/mol. The molecule has 0 spiro atoms. The van der Waals surface area contributed by atoms with Gasteiger partial charge < -0.3 is 9.84 Å². The van der Waals surface area contributed by atoms with Crippen molar-refractivity contribution in [2.75, 3.05) is 6.61 Å². The Labute approximate surface area is 119 Å². The van der Waals surface area contributed by atoms with Crippen LogP contribution in [0.5, 0.6) is 5.75 Å². The summed E-state index contributed by atoms with van der Waals surface area (Å²) >= 11 is 0. The van der Waals surface area contributed by atoms with Gasteiger partial charge >= 0.3 is 0 Å². The third-order valence-electron chi connectivity index (χ3n) is 4.66. The molecule has 0 amide bonds. The lowest BCUT2D eigenvalue weighted by molar-refractivity contribution is 0.106. The van der Waals surface area contributed by atoms with Crippen molar-refractivity contribution in [2.24, 2.45) is 5.92 Å². The Kier molecular flexibility index (Phi) is 2.78. The number of rotatable bonds is 3. The van der Waals surface area contributed by atoms with Crippen molar-refractivity contribution in [3.05, 3.63) is 65.7 Å². The highest BCUT2D eigenvalue weighted by Gasteiger charge is 2.47. The van der Waals surface area contributed by atoms with Crippen LogP contribution in [0.4, 0.5) is 0 Å². The number of ether oxygens (including phenoxy) is 1. The van der Waals surface area contributed by atoms with Crippen molar-refractivity contribution < 1.29 is 9.84 Å². The number of aliphatic hydroxyl groups is 1. The van der Waals surface area contributed by atoms with Crippen molar-refractivity contribution in [3.8, 4) is 5.75 Å². The lowest BCUT2D eigenvalue weighted by Gasteiger charge is -2.17. The maximum atomic E-state index is 10.7. The molecule has 4 unspecified atom stereocenters. The third-order valence-corrected chi connectivity index (χ3v) is 4.66. The molecule has 1 aliphatic carbocycles. The highest BCUT2D eigenvalue weighted by atomic mass is 16.5. The van der Waals surface area contributed by atoms with E-state index in [4.69, 9.17) is 4.74 Å². The highest BCUT2D eigenvalue weighted by Crippen LogP contribution is 2.53. The van der Waals surface area contributed by atoms with E-state index in [0.717, 1.165) is 12.2 Å². The molecule has 0 bridgehead atoms. The van der Waals surface area contributed by atoms with Gasteiger partial charge in [-0.05, 0) is 29.9 Å². The lowest BCUT2D eigenvalue weighted by atomic mass is 9.91. The first-order chi connectivity index (χ1) is 9.84. The third kappa shape index (κ3) is 1.92. The van der Waals surface area contributed by atoms with Gasteiger partial charge in [0.1, 0.15) is 5.75 Å². The summed E-state index contributed by atoms with van der Waals surface area (Å²) in [7, 11) is 0. The number of aliphatic hydroxyl groups excluding tert-OH is 1. The topological polar surface area (TPSA) is 29.5 Å². The molecule has 2 aromatic rings. The van der Waals surface area contributed by atoms with E-state index < -0.39 is 0 Å². The van der Waals surface area contributed by atoms with Gasteiger partial charge in [-0.2, -0.15) is 0 Å².